The maximum Gasteiger partial charge on any atom is 0.275 e. The van der Waals surface area contributed by atoms with Crippen molar-refractivity contribution >= 4 is 50.4 Å². The minimum absolute atomic E-state index is 0.105. The molecule has 132 valence electrons. The highest BCUT2D eigenvalue weighted by molar-refractivity contribution is 9.10. The van der Waals surface area contributed by atoms with E-state index >= 15 is 0 Å². The van der Waals surface area contributed by atoms with Crippen LogP contribution in [0.2, 0.25) is 5.02 Å². The van der Waals surface area contributed by atoms with Crippen LogP contribution in [0, 0.1) is 0 Å². The summed E-state index contributed by atoms with van der Waals surface area (Å²) in [7, 11) is 1.52. The monoisotopic (exact) mass is 432 g/mol. The molecule has 0 radical (unpaired) electrons. The molecule has 3 rings (SSSR count). The molecule has 0 heterocycles. The Hall–Kier alpha value is -2.57. The van der Waals surface area contributed by atoms with Gasteiger partial charge in [0, 0.05) is 0 Å². The average Bonchev–Trinajstić information content (AvgIpc) is 2.60. The zero-order valence-corrected chi connectivity index (χ0v) is 16.0. The first-order valence-corrected chi connectivity index (χ1v) is 8.75. The normalized spacial score (nSPS) is 11.0. The van der Waals surface area contributed by atoms with Gasteiger partial charge < -0.3 is 9.84 Å². The van der Waals surface area contributed by atoms with Gasteiger partial charge in [0.05, 0.1) is 28.4 Å². The number of phenolic OH excluding ortho intramolecular Hbond substituents is 1. The van der Waals surface area contributed by atoms with Gasteiger partial charge in [0.15, 0.2) is 5.75 Å². The van der Waals surface area contributed by atoms with Crippen LogP contribution in [-0.4, -0.2) is 24.3 Å². The molecule has 7 heteroatoms. The van der Waals surface area contributed by atoms with Gasteiger partial charge >= 0.3 is 0 Å². The van der Waals surface area contributed by atoms with Gasteiger partial charge in [-0.2, -0.15) is 5.10 Å². The number of halogens is 2. The quantitative estimate of drug-likeness (QED) is 0.461. The number of hydrazone groups is 1. The number of aromatic hydroxyl groups is 1. The van der Waals surface area contributed by atoms with Gasteiger partial charge in [-0.05, 0) is 56.5 Å². The van der Waals surface area contributed by atoms with Crippen molar-refractivity contribution in [2.45, 2.75) is 0 Å². The summed E-state index contributed by atoms with van der Waals surface area (Å²) in [4.78, 5) is 12.3. The van der Waals surface area contributed by atoms with Crippen molar-refractivity contribution < 1.29 is 14.6 Å². The molecule has 0 spiro atoms. The maximum absolute atomic E-state index is 12.3. The standard InChI is InChI=1S/C19H14BrClN2O3/c1-26-18-15(20)6-11(7-16(18)21)10-22-23-19(25)14-8-12-4-2-3-5-13(12)9-17(14)24/h2-10,24H,1H3,(H,23,25). The molecule has 0 atom stereocenters. The van der Waals surface area contributed by atoms with Gasteiger partial charge in [-0.1, -0.05) is 35.9 Å². The summed E-state index contributed by atoms with van der Waals surface area (Å²) < 4.78 is 5.83. The fourth-order valence-corrected chi connectivity index (χ4v) is 3.54. The summed E-state index contributed by atoms with van der Waals surface area (Å²) in [5, 5.41) is 16.1. The molecule has 3 aromatic carbocycles. The Labute approximate surface area is 163 Å². The average molecular weight is 434 g/mol. The predicted octanol–water partition coefficient (Wildman–Crippen LogP) is 4.73. The van der Waals surface area contributed by atoms with Crippen molar-refractivity contribution in [1.29, 1.82) is 0 Å². The summed E-state index contributed by atoms with van der Waals surface area (Å²) in [5.41, 5.74) is 3.22. The lowest BCUT2D eigenvalue weighted by molar-refractivity contribution is 0.0952. The second kappa shape index (κ2) is 7.76. The molecule has 0 fully saturated rings. The van der Waals surface area contributed by atoms with Crippen LogP contribution in [0.4, 0.5) is 0 Å². The fourth-order valence-electron chi connectivity index (χ4n) is 2.48. The van der Waals surface area contributed by atoms with Crippen LogP contribution < -0.4 is 10.2 Å². The highest BCUT2D eigenvalue weighted by Gasteiger charge is 2.12. The largest absolute Gasteiger partial charge is 0.507 e. The Morgan fingerprint density at radius 1 is 1.23 bits per heavy atom. The van der Waals surface area contributed by atoms with E-state index in [0.29, 0.717) is 20.8 Å². The van der Waals surface area contributed by atoms with E-state index in [2.05, 4.69) is 26.5 Å². The Balaban J connectivity index is 1.79. The summed E-state index contributed by atoms with van der Waals surface area (Å²) in [6.07, 6.45) is 1.45. The molecule has 0 saturated carbocycles. The van der Waals surface area contributed by atoms with E-state index in [0.717, 1.165) is 10.8 Å². The molecule has 2 N–H and O–H groups in total. The first-order valence-electron chi connectivity index (χ1n) is 7.58. The molecule has 0 unspecified atom stereocenters. The summed E-state index contributed by atoms with van der Waals surface area (Å²) in [6.45, 7) is 0. The van der Waals surface area contributed by atoms with E-state index in [4.69, 9.17) is 16.3 Å². The third-order valence-corrected chi connectivity index (χ3v) is 4.58. The van der Waals surface area contributed by atoms with Crippen LogP contribution in [0.25, 0.3) is 10.8 Å². The number of phenols is 1. The van der Waals surface area contributed by atoms with E-state index in [1.54, 1.807) is 24.3 Å². The van der Waals surface area contributed by atoms with E-state index in [1.165, 1.54) is 13.3 Å². The van der Waals surface area contributed by atoms with Crippen molar-refractivity contribution in [3.05, 3.63) is 69.2 Å². The number of methoxy groups -OCH3 is 1. The number of nitrogens with zero attached hydrogens (tertiary/aromatic N) is 1. The second-order valence-electron chi connectivity index (χ2n) is 5.43. The van der Waals surface area contributed by atoms with Crippen molar-refractivity contribution in [2.24, 2.45) is 5.10 Å². The summed E-state index contributed by atoms with van der Waals surface area (Å²) in [5.74, 6) is -0.0937. The van der Waals surface area contributed by atoms with Gasteiger partial charge in [-0.25, -0.2) is 5.43 Å². The lowest BCUT2D eigenvalue weighted by Gasteiger charge is -2.07. The molecule has 3 aromatic rings. The highest BCUT2D eigenvalue weighted by atomic mass is 79.9. The Morgan fingerprint density at radius 2 is 1.92 bits per heavy atom. The van der Waals surface area contributed by atoms with Gasteiger partial charge in [0.2, 0.25) is 0 Å². The van der Waals surface area contributed by atoms with Crippen LogP contribution in [-0.2, 0) is 0 Å². The van der Waals surface area contributed by atoms with Gasteiger partial charge in [0.25, 0.3) is 5.91 Å². The predicted molar refractivity (Wildman–Crippen MR) is 106 cm³/mol. The van der Waals surface area contributed by atoms with Crippen molar-refractivity contribution in [3.8, 4) is 11.5 Å². The van der Waals surface area contributed by atoms with Crippen molar-refractivity contribution in [1.82, 2.24) is 5.43 Å². The molecule has 5 nitrogen and oxygen atoms in total. The molecule has 0 aliphatic carbocycles. The molecule has 1 amide bonds. The smallest absolute Gasteiger partial charge is 0.275 e. The second-order valence-corrected chi connectivity index (χ2v) is 6.69. The zero-order valence-electron chi connectivity index (χ0n) is 13.7. The number of carbonyl (C=O) groups excluding carboxylic acids is 1. The Bertz CT molecular complexity index is 998. The Kier molecular flexibility index (Phi) is 5.44. The van der Waals surface area contributed by atoms with Gasteiger partial charge in [-0.3, -0.25) is 4.79 Å². The summed E-state index contributed by atoms with van der Waals surface area (Å²) in [6, 6.07) is 14.0. The first-order chi connectivity index (χ1) is 12.5. The number of benzene rings is 3. The van der Waals surface area contributed by atoms with Crippen LogP contribution in [0.5, 0.6) is 11.5 Å². The SMILES string of the molecule is COc1c(Cl)cc(C=NNC(=O)c2cc3ccccc3cc2O)cc1Br. The third-order valence-electron chi connectivity index (χ3n) is 3.71. The summed E-state index contributed by atoms with van der Waals surface area (Å²) >= 11 is 9.47. The minimum atomic E-state index is -0.511. The zero-order chi connectivity index (χ0) is 18.7. The number of hydrogen-bond acceptors (Lipinski definition) is 4. The van der Waals surface area contributed by atoms with E-state index in [-0.39, 0.29) is 11.3 Å². The maximum atomic E-state index is 12.3. The Morgan fingerprint density at radius 3 is 2.58 bits per heavy atom. The van der Waals surface area contributed by atoms with E-state index in [9.17, 15) is 9.90 Å². The molecular formula is C19H14BrClN2O3. The van der Waals surface area contributed by atoms with Crippen LogP contribution in [0.3, 0.4) is 0 Å². The molecule has 0 aliphatic rings. The van der Waals surface area contributed by atoms with Crippen molar-refractivity contribution in [2.75, 3.05) is 7.11 Å². The number of rotatable bonds is 4. The molecular weight excluding hydrogens is 420 g/mol. The first kappa shape index (κ1) is 18.2. The molecule has 0 aromatic heterocycles. The van der Waals surface area contributed by atoms with Gasteiger partial charge in [-0.15, -0.1) is 0 Å². The number of fused-ring (bicyclic) bond motifs is 1. The lowest BCUT2D eigenvalue weighted by Crippen LogP contribution is -2.17. The van der Waals surface area contributed by atoms with Crippen LogP contribution >= 0.6 is 27.5 Å². The van der Waals surface area contributed by atoms with Crippen molar-refractivity contribution in [3.63, 3.8) is 0 Å². The van der Waals surface area contributed by atoms with E-state index in [1.807, 2.05) is 24.3 Å². The molecule has 0 saturated heterocycles. The topological polar surface area (TPSA) is 70.9 Å². The number of hydrogen-bond donors (Lipinski definition) is 2. The third kappa shape index (κ3) is 3.81. The fraction of sp³-hybridized carbons (Fsp3) is 0.0526. The van der Waals surface area contributed by atoms with Crippen LogP contribution in [0.15, 0.2) is 58.1 Å². The number of ether oxygens (including phenoxy) is 1. The van der Waals surface area contributed by atoms with Crippen LogP contribution in [0.1, 0.15) is 15.9 Å². The lowest BCUT2D eigenvalue weighted by atomic mass is 10.1. The minimum Gasteiger partial charge on any atom is -0.507 e. The van der Waals surface area contributed by atoms with Gasteiger partial charge in [0.1, 0.15) is 5.75 Å². The number of carbonyl (C=O) groups is 1. The number of amides is 1. The molecule has 0 bridgehead atoms. The molecule has 0 aliphatic heterocycles. The molecule has 26 heavy (non-hydrogen) atoms. The highest BCUT2D eigenvalue weighted by Crippen LogP contribution is 2.33. The number of nitrogens with one attached hydrogen (secondary N) is 1. The van der Waals surface area contributed by atoms with E-state index < -0.39 is 5.91 Å².